The summed E-state index contributed by atoms with van der Waals surface area (Å²) in [6.07, 6.45) is 3.30. The van der Waals surface area contributed by atoms with E-state index in [0.717, 1.165) is 10.8 Å². The summed E-state index contributed by atoms with van der Waals surface area (Å²) >= 11 is 3.24. The number of halogens is 2. The molecule has 1 heterocycles. The molecule has 2 nitrogen and oxygen atoms in total. The molecule has 3 rings (SSSR count). The summed E-state index contributed by atoms with van der Waals surface area (Å²) < 4.78 is 14.4. The van der Waals surface area contributed by atoms with Crippen LogP contribution in [0.4, 0.5) is 4.39 Å². The maximum absolute atomic E-state index is 13.9. The largest absolute Gasteiger partial charge is 0.288 e. The second-order valence-electron chi connectivity index (χ2n) is 4.33. The SMILES string of the molecule is O=C(c1c(F)cccc1Br)c1cccc2cnccc12. The molecule has 2 aromatic carbocycles. The zero-order valence-corrected chi connectivity index (χ0v) is 11.9. The van der Waals surface area contributed by atoms with Crippen LogP contribution in [0.1, 0.15) is 15.9 Å². The Morgan fingerprint density at radius 3 is 2.70 bits per heavy atom. The average Bonchev–Trinajstić information content (AvgIpc) is 2.46. The number of benzene rings is 2. The van der Waals surface area contributed by atoms with E-state index in [9.17, 15) is 9.18 Å². The van der Waals surface area contributed by atoms with Crippen LogP contribution >= 0.6 is 15.9 Å². The Hall–Kier alpha value is -2.07. The number of ketones is 1. The molecular weight excluding hydrogens is 321 g/mol. The highest BCUT2D eigenvalue weighted by Crippen LogP contribution is 2.26. The maximum Gasteiger partial charge on any atom is 0.197 e. The summed E-state index contributed by atoms with van der Waals surface area (Å²) in [6, 6.07) is 11.6. The number of carbonyl (C=O) groups is 1. The summed E-state index contributed by atoms with van der Waals surface area (Å²) in [6.45, 7) is 0. The first-order valence-corrected chi connectivity index (χ1v) is 6.79. The molecule has 0 bridgehead atoms. The van der Waals surface area contributed by atoms with E-state index in [4.69, 9.17) is 0 Å². The number of hydrogen-bond acceptors (Lipinski definition) is 2. The van der Waals surface area contributed by atoms with Crippen molar-refractivity contribution in [2.24, 2.45) is 0 Å². The van der Waals surface area contributed by atoms with Gasteiger partial charge in [0, 0.05) is 27.8 Å². The Bertz CT molecular complexity index is 791. The van der Waals surface area contributed by atoms with Crippen LogP contribution in [0, 0.1) is 5.82 Å². The van der Waals surface area contributed by atoms with Crippen LogP contribution in [-0.4, -0.2) is 10.8 Å². The molecule has 0 aliphatic heterocycles. The van der Waals surface area contributed by atoms with Crippen LogP contribution in [0.5, 0.6) is 0 Å². The van der Waals surface area contributed by atoms with Crippen molar-refractivity contribution in [1.29, 1.82) is 0 Å². The fourth-order valence-electron chi connectivity index (χ4n) is 2.17. The molecule has 0 saturated carbocycles. The number of carbonyl (C=O) groups excluding carboxylic acids is 1. The van der Waals surface area contributed by atoms with Gasteiger partial charge in [-0.15, -0.1) is 0 Å². The molecule has 0 aliphatic rings. The summed E-state index contributed by atoms with van der Waals surface area (Å²) in [5.74, 6) is -0.873. The number of pyridine rings is 1. The highest BCUT2D eigenvalue weighted by molar-refractivity contribution is 9.10. The zero-order valence-electron chi connectivity index (χ0n) is 10.3. The predicted molar refractivity (Wildman–Crippen MR) is 79.3 cm³/mol. The lowest BCUT2D eigenvalue weighted by Crippen LogP contribution is -2.06. The Kier molecular flexibility index (Phi) is 3.32. The number of aromatic nitrogens is 1. The van der Waals surface area contributed by atoms with Crippen LogP contribution in [0.15, 0.2) is 59.3 Å². The van der Waals surface area contributed by atoms with E-state index in [1.54, 1.807) is 42.7 Å². The van der Waals surface area contributed by atoms with Crippen molar-refractivity contribution in [3.8, 4) is 0 Å². The third kappa shape index (κ3) is 2.12. The molecule has 0 radical (unpaired) electrons. The molecular formula is C16H9BrFNO. The fraction of sp³-hybridized carbons (Fsp3) is 0. The van der Waals surface area contributed by atoms with Gasteiger partial charge in [-0.1, -0.05) is 24.3 Å². The molecule has 0 atom stereocenters. The van der Waals surface area contributed by atoms with Crippen molar-refractivity contribution in [2.75, 3.05) is 0 Å². The van der Waals surface area contributed by atoms with E-state index >= 15 is 0 Å². The minimum absolute atomic E-state index is 0.0526. The number of rotatable bonds is 2. The van der Waals surface area contributed by atoms with E-state index in [0.29, 0.717) is 10.0 Å². The van der Waals surface area contributed by atoms with Crippen molar-refractivity contribution in [3.63, 3.8) is 0 Å². The van der Waals surface area contributed by atoms with Gasteiger partial charge in [0.05, 0.1) is 5.56 Å². The first-order chi connectivity index (χ1) is 9.68. The van der Waals surface area contributed by atoms with E-state index in [1.807, 2.05) is 6.07 Å². The molecule has 20 heavy (non-hydrogen) atoms. The minimum Gasteiger partial charge on any atom is -0.288 e. The van der Waals surface area contributed by atoms with Gasteiger partial charge >= 0.3 is 0 Å². The summed E-state index contributed by atoms with van der Waals surface area (Å²) in [7, 11) is 0. The normalized spacial score (nSPS) is 10.7. The van der Waals surface area contributed by atoms with E-state index in [-0.39, 0.29) is 11.3 Å². The third-order valence-corrected chi connectivity index (χ3v) is 3.78. The summed E-state index contributed by atoms with van der Waals surface area (Å²) in [5, 5.41) is 1.62. The third-order valence-electron chi connectivity index (χ3n) is 3.12. The van der Waals surface area contributed by atoms with Gasteiger partial charge in [0.2, 0.25) is 0 Å². The second-order valence-corrected chi connectivity index (χ2v) is 5.18. The first kappa shape index (κ1) is 12.9. The monoisotopic (exact) mass is 329 g/mol. The molecule has 1 aromatic heterocycles. The standard InChI is InChI=1S/C16H9BrFNO/c17-13-5-2-6-14(18)15(13)16(20)12-4-1-3-10-9-19-8-7-11(10)12/h1-9H. The molecule has 0 fully saturated rings. The van der Waals surface area contributed by atoms with Crippen LogP contribution in [-0.2, 0) is 0 Å². The zero-order chi connectivity index (χ0) is 14.1. The number of fused-ring (bicyclic) bond motifs is 1. The van der Waals surface area contributed by atoms with Gasteiger partial charge in [-0.25, -0.2) is 4.39 Å². The lowest BCUT2D eigenvalue weighted by atomic mass is 9.98. The van der Waals surface area contributed by atoms with Crippen LogP contribution < -0.4 is 0 Å². The molecule has 0 amide bonds. The van der Waals surface area contributed by atoms with Crippen molar-refractivity contribution in [2.45, 2.75) is 0 Å². The number of hydrogen-bond donors (Lipinski definition) is 0. The first-order valence-electron chi connectivity index (χ1n) is 6.00. The molecule has 0 unspecified atom stereocenters. The van der Waals surface area contributed by atoms with Crippen molar-refractivity contribution in [3.05, 3.63) is 76.3 Å². The summed E-state index contributed by atoms with van der Waals surface area (Å²) in [5.41, 5.74) is 0.521. The smallest absolute Gasteiger partial charge is 0.197 e. The summed E-state index contributed by atoms with van der Waals surface area (Å²) in [4.78, 5) is 16.6. The minimum atomic E-state index is -0.532. The topological polar surface area (TPSA) is 30.0 Å². The molecule has 98 valence electrons. The Labute approximate surface area is 123 Å². The Morgan fingerprint density at radius 2 is 1.90 bits per heavy atom. The molecule has 3 aromatic rings. The van der Waals surface area contributed by atoms with Crippen molar-refractivity contribution < 1.29 is 9.18 Å². The molecule has 0 spiro atoms. The average molecular weight is 330 g/mol. The fourth-order valence-corrected chi connectivity index (χ4v) is 2.69. The Morgan fingerprint density at radius 1 is 1.10 bits per heavy atom. The second kappa shape index (κ2) is 5.13. The van der Waals surface area contributed by atoms with Gasteiger partial charge in [-0.05, 0) is 39.5 Å². The quantitative estimate of drug-likeness (QED) is 0.653. The Balaban J connectivity index is 2.24. The van der Waals surface area contributed by atoms with Gasteiger partial charge in [-0.2, -0.15) is 0 Å². The number of nitrogens with zero attached hydrogens (tertiary/aromatic N) is 1. The van der Waals surface area contributed by atoms with Gasteiger partial charge in [0.15, 0.2) is 5.78 Å². The van der Waals surface area contributed by atoms with Crippen LogP contribution in [0.25, 0.3) is 10.8 Å². The van der Waals surface area contributed by atoms with Crippen molar-refractivity contribution in [1.82, 2.24) is 4.98 Å². The lowest BCUT2D eigenvalue weighted by Gasteiger charge is -2.08. The molecule has 0 N–H and O–H groups in total. The van der Waals surface area contributed by atoms with E-state index in [1.165, 1.54) is 6.07 Å². The predicted octanol–water partition coefficient (Wildman–Crippen LogP) is 4.37. The highest BCUT2D eigenvalue weighted by Gasteiger charge is 2.19. The van der Waals surface area contributed by atoms with Crippen LogP contribution in [0.2, 0.25) is 0 Å². The van der Waals surface area contributed by atoms with Gasteiger partial charge in [-0.3, -0.25) is 9.78 Å². The van der Waals surface area contributed by atoms with Gasteiger partial charge in [0.1, 0.15) is 5.82 Å². The molecule has 4 heteroatoms. The highest BCUT2D eigenvalue weighted by atomic mass is 79.9. The molecule has 0 saturated heterocycles. The van der Waals surface area contributed by atoms with Crippen molar-refractivity contribution >= 4 is 32.5 Å². The maximum atomic E-state index is 13.9. The van der Waals surface area contributed by atoms with Crippen LogP contribution in [0.3, 0.4) is 0 Å². The van der Waals surface area contributed by atoms with Gasteiger partial charge in [0.25, 0.3) is 0 Å². The molecule has 0 aliphatic carbocycles. The lowest BCUT2D eigenvalue weighted by molar-refractivity contribution is 0.103. The van der Waals surface area contributed by atoms with E-state index < -0.39 is 5.82 Å². The van der Waals surface area contributed by atoms with Gasteiger partial charge < -0.3 is 0 Å². The van der Waals surface area contributed by atoms with E-state index in [2.05, 4.69) is 20.9 Å².